The van der Waals surface area contributed by atoms with Crippen molar-refractivity contribution in [2.24, 2.45) is 0 Å². The van der Waals surface area contributed by atoms with Crippen molar-refractivity contribution in [2.45, 2.75) is 20.0 Å². The smallest absolute Gasteiger partial charge is 0.142 e. The molecule has 0 aliphatic rings. The molecule has 1 aromatic carbocycles. The Hall–Kier alpha value is -1.46. The first kappa shape index (κ1) is 15.6. The molecule has 0 fully saturated rings. The van der Waals surface area contributed by atoms with Crippen molar-refractivity contribution < 1.29 is 19.3 Å². The normalized spacial score (nSPS) is 12.0. The lowest BCUT2D eigenvalue weighted by Gasteiger charge is -2.16. The van der Waals surface area contributed by atoms with Gasteiger partial charge in [0.05, 0.1) is 31.6 Å². The molecule has 0 heterocycles. The Kier molecular flexibility index (Phi) is 7.07. The van der Waals surface area contributed by atoms with Crippen LogP contribution in [0.2, 0.25) is 0 Å². The van der Waals surface area contributed by atoms with Gasteiger partial charge in [-0.25, -0.2) is 0 Å². The Morgan fingerprint density at radius 2 is 1.95 bits per heavy atom. The van der Waals surface area contributed by atoms with Gasteiger partial charge in [0.1, 0.15) is 11.5 Å². The zero-order valence-electron chi connectivity index (χ0n) is 11.8. The van der Waals surface area contributed by atoms with Crippen molar-refractivity contribution in [1.82, 2.24) is 0 Å². The van der Waals surface area contributed by atoms with Crippen molar-refractivity contribution in [3.8, 4) is 11.5 Å². The minimum absolute atomic E-state index is 0.294. The molecule has 2 N–H and O–H groups in total. The third kappa shape index (κ3) is 5.36. The SMILES string of the molecule is CCOc1ccc(OCC)c(NCC(O)COC)c1. The maximum atomic E-state index is 9.64. The molecule has 1 unspecified atom stereocenters. The van der Waals surface area contributed by atoms with Gasteiger partial charge in [-0.3, -0.25) is 0 Å². The lowest BCUT2D eigenvalue weighted by Crippen LogP contribution is -2.24. The van der Waals surface area contributed by atoms with E-state index >= 15 is 0 Å². The van der Waals surface area contributed by atoms with E-state index in [1.807, 2.05) is 32.0 Å². The van der Waals surface area contributed by atoms with Gasteiger partial charge in [0.2, 0.25) is 0 Å². The molecule has 19 heavy (non-hydrogen) atoms. The zero-order chi connectivity index (χ0) is 14.1. The second kappa shape index (κ2) is 8.61. The van der Waals surface area contributed by atoms with E-state index in [-0.39, 0.29) is 0 Å². The highest BCUT2D eigenvalue weighted by molar-refractivity contribution is 5.59. The zero-order valence-corrected chi connectivity index (χ0v) is 11.8. The summed E-state index contributed by atoms with van der Waals surface area (Å²) in [4.78, 5) is 0. The summed E-state index contributed by atoms with van der Waals surface area (Å²) in [7, 11) is 1.56. The molecule has 0 spiro atoms. The maximum absolute atomic E-state index is 9.64. The molecule has 108 valence electrons. The molecule has 5 nitrogen and oxygen atoms in total. The van der Waals surface area contributed by atoms with Gasteiger partial charge in [-0.05, 0) is 26.0 Å². The summed E-state index contributed by atoms with van der Waals surface area (Å²) >= 11 is 0. The van der Waals surface area contributed by atoms with Crippen molar-refractivity contribution >= 4 is 5.69 Å². The summed E-state index contributed by atoms with van der Waals surface area (Å²) in [5.41, 5.74) is 0.808. The second-order valence-corrected chi connectivity index (χ2v) is 4.01. The first-order valence-electron chi connectivity index (χ1n) is 6.51. The summed E-state index contributed by atoms with van der Waals surface area (Å²) in [6, 6.07) is 5.60. The van der Waals surface area contributed by atoms with Crippen molar-refractivity contribution in [1.29, 1.82) is 0 Å². The van der Waals surface area contributed by atoms with Gasteiger partial charge in [0, 0.05) is 19.7 Å². The maximum Gasteiger partial charge on any atom is 0.142 e. The lowest BCUT2D eigenvalue weighted by atomic mass is 10.2. The summed E-state index contributed by atoms with van der Waals surface area (Å²) in [6.07, 6.45) is -0.560. The van der Waals surface area contributed by atoms with Gasteiger partial charge in [0.25, 0.3) is 0 Å². The van der Waals surface area contributed by atoms with Gasteiger partial charge in [-0.15, -0.1) is 0 Å². The molecule has 0 aromatic heterocycles. The average molecular weight is 269 g/mol. The Balaban J connectivity index is 2.72. The van der Waals surface area contributed by atoms with Crippen LogP contribution in [0.1, 0.15) is 13.8 Å². The molecule has 0 saturated carbocycles. The number of aliphatic hydroxyl groups is 1. The molecule has 1 aromatic rings. The number of benzene rings is 1. The topological polar surface area (TPSA) is 60.0 Å². The predicted octanol–water partition coefficient (Wildman–Crippen LogP) is 1.90. The molecule has 0 aliphatic carbocycles. The number of ether oxygens (including phenoxy) is 3. The van der Waals surface area contributed by atoms with E-state index in [4.69, 9.17) is 14.2 Å². The van der Waals surface area contributed by atoms with E-state index in [1.54, 1.807) is 7.11 Å². The van der Waals surface area contributed by atoms with E-state index in [0.29, 0.717) is 26.4 Å². The predicted molar refractivity (Wildman–Crippen MR) is 75.2 cm³/mol. The van der Waals surface area contributed by atoms with Gasteiger partial charge in [0.15, 0.2) is 0 Å². The number of nitrogens with one attached hydrogen (secondary N) is 1. The summed E-state index contributed by atoms with van der Waals surface area (Å²) in [5, 5.41) is 12.8. The Morgan fingerprint density at radius 1 is 1.21 bits per heavy atom. The summed E-state index contributed by atoms with van der Waals surface area (Å²) < 4.78 is 15.9. The van der Waals surface area contributed by atoms with Crippen LogP contribution in [0.5, 0.6) is 11.5 Å². The molecular weight excluding hydrogens is 246 g/mol. The van der Waals surface area contributed by atoms with Gasteiger partial charge >= 0.3 is 0 Å². The quantitative estimate of drug-likeness (QED) is 0.717. The second-order valence-electron chi connectivity index (χ2n) is 4.01. The van der Waals surface area contributed by atoms with Crippen LogP contribution >= 0.6 is 0 Å². The van der Waals surface area contributed by atoms with Crippen LogP contribution in [0.15, 0.2) is 18.2 Å². The largest absolute Gasteiger partial charge is 0.494 e. The van der Waals surface area contributed by atoms with Crippen LogP contribution in [-0.4, -0.2) is 44.7 Å². The highest BCUT2D eigenvalue weighted by Gasteiger charge is 2.08. The lowest BCUT2D eigenvalue weighted by molar-refractivity contribution is 0.0727. The molecule has 1 atom stereocenters. The molecule has 0 aliphatic heterocycles. The Bertz CT molecular complexity index is 370. The molecule has 0 amide bonds. The highest BCUT2D eigenvalue weighted by atomic mass is 16.5. The van der Waals surface area contributed by atoms with Crippen LogP contribution in [0.25, 0.3) is 0 Å². The molecule has 0 radical (unpaired) electrons. The van der Waals surface area contributed by atoms with Crippen molar-refractivity contribution in [3.05, 3.63) is 18.2 Å². The molecule has 1 rings (SSSR count). The van der Waals surface area contributed by atoms with E-state index in [9.17, 15) is 5.11 Å². The van der Waals surface area contributed by atoms with E-state index < -0.39 is 6.10 Å². The van der Waals surface area contributed by atoms with Crippen LogP contribution < -0.4 is 14.8 Å². The molecule has 5 heteroatoms. The number of methoxy groups -OCH3 is 1. The average Bonchev–Trinajstić information content (AvgIpc) is 2.40. The molecular formula is C14H23NO4. The fraction of sp³-hybridized carbons (Fsp3) is 0.571. The van der Waals surface area contributed by atoms with E-state index in [1.165, 1.54) is 0 Å². The minimum atomic E-state index is -0.560. The van der Waals surface area contributed by atoms with Crippen LogP contribution in [0, 0.1) is 0 Å². The molecule has 0 saturated heterocycles. The third-order valence-electron chi connectivity index (χ3n) is 2.45. The van der Waals surface area contributed by atoms with Gasteiger partial charge in [-0.2, -0.15) is 0 Å². The Labute approximate surface area is 114 Å². The number of hydrogen-bond donors (Lipinski definition) is 2. The molecule has 0 bridgehead atoms. The minimum Gasteiger partial charge on any atom is -0.494 e. The van der Waals surface area contributed by atoms with E-state index in [0.717, 1.165) is 17.2 Å². The first-order chi connectivity index (χ1) is 9.21. The van der Waals surface area contributed by atoms with Crippen LogP contribution in [0.3, 0.4) is 0 Å². The fourth-order valence-electron chi connectivity index (χ4n) is 1.66. The van der Waals surface area contributed by atoms with Crippen molar-refractivity contribution in [2.75, 3.05) is 38.8 Å². The number of rotatable bonds is 9. The first-order valence-corrected chi connectivity index (χ1v) is 6.51. The van der Waals surface area contributed by atoms with Crippen LogP contribution in [-0.2, 0) is 4.74 Å². The monoisotopic (exact) mass is 269 g/mol. The number of hydrogen-bond acceptors (Lipinski definition) is 5. The third-order valence-corrected chi connectivity index (χ3v) is 2.45. The van der Waals surface area contributed by atoms with Crippen LogP contribution in [0.4, 0.5) is 5.69 Å². The fourth-order valence-corrected chi connectivity index (χ4v) is 1.66. The van der Waals surface area contributed by atoms with Crippen molar-refractivity contribution in [3.63, 3.8) is 0 Å². The Morgan fingerprint density at radius 3 is 2.58 bits per heavy atom. The number of anilines is 1. The summed E-state index contributed by atoms with van der Waals surface area (Å²) in [5.74, 6) is 1.52. The summed E-state index contributed by atoms with van der Waals surface area (Å²) in [6.45, 7) is 5.75. The standard InChI is InChI=1S/C14H23NO4/c1-4-18-12-6-7-14(19-5-2)13(8-12)15-9-11(16)10-17-3/h6-8,11,15-16H,4-5,9-10H2,1-3H3. The highest BCUT2D eigenvalue weighted by Crippen LogP contribution is 2.29. The van der Waals surface area contributed by atoms with E-state index in [2.05, 4.69) is 5.32 Å². The number of aliphatic hydroxyl groups excluding tert-OH is 1. The van der Waals surface area contributed by atoms with Gasteiger partial charge < -0.3 is 24.6 Å². The van der Waals surface area contributed by atoms with Gasteiger partial charge in [-0.1, -0.05) is 0 Å².